The number of rotatable bonds is 1. The van der Waals surface area contributed by atoms with Crippen molar-refractivity contribution in [1.82, 2.24) is 0 Å². The van der Waals surface area contributed by atoms with Gasteiger partial charge in [-0.1, -0.05) is 11.6 Å². The summed E-state index contributed by atoms with van der Waals surface area (Å²) in [6.45, 7) is 0. The van der Waals surface area contributed by atoms with Gasteiger partial charge in [0.2, 0.25) is 0 Å². The molecule has 2 heteroatoms. The van der Waals surface area contributed by atoms with Crippen LogP contribution in [0, 0.1) is 0 Å². The number of benzene rings is 1. The van der Waals surface area contributed by atoms with E-state index in [-0.39, 0.29) is 0 Å². The lowest BCUT2D eigenvalue weighted by Gasteiger charge is -2.01. The molecule has 0 atom stereocenters. The molecule has 0 radical (unpaired) electrons. The van der Waals surface area contributed by atoms with Gasteiger partial charge < -0.3 is 0 Å². The van der Waals surface area contributed by atoms with Crippen molar-refractivity contribution in [2.75, 3.05) is 0 Å². The molecule has 1 aliphatic carbocycles. The van der Waals surface area contributed by atoms with E-state index in [1.54, 1.807) is 0 Å². The summed E-state index contributed by atoms with van der Waals surface area (Å²) < 4.78 is 0. The first kappa shape index (κ1) is 7.51. The number of thiol groups is 1. The summed E-state index contributed by atoms with van der Waals surface area (Å²) in [5, 5.41) is 0.894. The molecule has 1 aliphatic rings. The Hall–Kier alpha value is -0.140. The van der Waals surface area contributed by atoms with E-state index in [9.17, 15) is 0 Å². The van der Waals surface area contributed by atoms with Crippen LogP contribution in [0.4, 0.5) is 0 Å². The van der Waals surface area contributed by atoms with Gasteiger partial charge in [0.25, 0.3) is 0 Å². The van der Waals surface area contributed by atoms with Crippen LogP contribution < -0.4 is 0 Å². The summed E-state index contributed by atoms with van der Waals surface area (Å²) in [5.74, 6) is 0.717. The van der Waals surface area contributed by atoms with Crippen molar-refractivity contribution in [1.29, 1.82) is 0 Å². The maximum absolute atomic E-state index is 6.00. The smallest absolute Gasteiger partial charge is 0.0441 e. The van der Waals surface area contributed by atoms with Gasteiger partial charge in [-0.05, 0) is 42.5 Å². The lowest BCUT2D eigenvalue weighted by molar-refractivity contribution is 1.11. The Kier molecular flexibility index (Phi) is 1.86. The number of halogens is 1. The van der Waals surface area contributed by atoms with Crippen LogP contribution in [-0.2, 0) is 0 Å². The molecule has 1 aromatic rings. The van der Waals surface area contributed by atoms with Crippen LogP contribution in [0.3, 0.4) is 0 Å². The third-order valence-corrected chi connectivity index (χ3v) is 2.62. The molecule has 0 N–H and O–H groups in total. The summed E-state index contributed by atoms with van der Waals surface area (Å²) in [5.41, 5.74) is 1.28. The lowest BCUT2D eigenvalue weighted by Crippen LogP contribution is -1.80. The van der Waals surface area contributed by atoms with Gasteiger partial charge in [0, 0.05) is 9.92 Å². The van der Waals surface area contributed by atoms with Crippen molar-refractivity contribution in [3.8, 4) is 0 Å². The first-order valence-corrected chi connectivity index (χ1v) is 4.58. The summed E-state index contributed by atoms with van der Waals surface area (Å²) in [6.07, 6.45) is 2.58. The van der Waals surface area contributed by atoms with Crippen LogP contribution in [0.1, 0.15) is 24.3 Å². The molecular formula is C9H9ClS. The Bertz CT molecular complexity index is 279. The zero-order valence-electron chi connectivity index (χ0n) is 6.05. The molecule has 0 saturated heterocycles. The van der Waals surface area contributed by atoms with Crippen LogP contribution in [-0.4, -0.2) is 0 Å². The highest BCUT2D eigenvalue weighted by Gasteiger charge is 2.25. The quantitative estimate of drug-likeness (QED) is 0.635. The molecule has 0 amide bonds. The molecule has 2 rings (SSSR count). The van der Waals surface area contributed by atoms with Crippen LogP contribution in [0.2, 0.25) is 5.02 Å². The highest BCUT2D eigenvalue weighted by molar-refractivity contribution is 7.80. The van der Waals surface area contributed by atoms with E-state index in [0.717, 1.165) is 15.8 Å². The topological polar surface area (TPSA) is 0 Å². The SMILES string of the molecule is Sc1ccc(Cl)c(C2CC2)c1. The van der Waals surface area contributed by atoms with Crippen LogP contribution in [0.15, 0.2) is 23.1 Å². The minimum absolute atomic E-state index is 0.717. The van der Waals surface area contributed by atoms with Gasteiger partial charge in [0.05, 0.1) is 0 Å². The predicted molar refractivity (Wildman–Crippen MR) is 50.7 cm³/mol. The van der Waals surface area contributed by atoms with E-state index >= 15 is 0 Å². The maximum Gasteiger partial charge on any atom is 0.0441 e. The Morgan fingerprint density at radius 1 is 1.36 bits per heavy atom. The second-order valence-corrected chi connectivity index (χ2v) is 3.90. The molecular weight excluding hydrogens is 176 g/mol. The van der Waals surface area contributed by atoms with Gasteiger partial charge in [-0.2, -0.15) is 0 Å². The van der Waals surface area contributed by atoms with Crippen LogP contribution in [0.25, 0.3) is 0 Å². The Balaban J connectivity index is 2.42. The van der Waals surface area contributed by atoms with Crippen molar-refractivity contribution in [3.05, 3.63) is 28.8 Å². The number of hydrogen-bond acceptors (Lipinski definition) is 1. The highest BCUT2D eigenvalue weighted by Crippen LogP contribution is 2.43. The Morgan fingerprint density at radius 3 is 2.73 bits per heavy atom. The minimum Gasteiger partial charge on any atom is -0.143 e. The zero-order chi connectivity index (χ0) is 7.84. The van der Waals surface area contributed by atoms with E-state index in [0.29, 0.717) is 0 Å². The molecule has 1 saturated carbocycles. The van der Waals surface area contributed by atoms with Crippen molar-refractivity contribution in [2.24, 2.45) is 0 Å². The highest BCUT2D eigenvalue weighted by atomic mass is 35.5. The Labute approximate surface area is 77.0 Å². The van der Waals surface area contributed by atoms with E-state index in [1.165, 1.54) is 18.4 Å². The molecule has 1 aromatic carbocycles. The zero-order valence-corrected chi connectivity index (χ0v) is 7.70. The van der Waals surface area contributed by atoms with Crippen LogP contribution in [0.5, 0.6) is 0 Å². The minimum atomic E-state index is 0.717. The Morgan fingerprint density at radius 2 is 2.09 bits per heavy atom. The lowest BCUT2D eigenvalue weighted by atomic mass is 10.1. The van der Waals surface area contributed by atoms with Gasteiger partial charge in [-0.25, -0.2) is 0 Å². The third-order valence-electron chi connectivity index (χ3n) is 2.00. The monoisotopic (exact) mass is 184 g/mol. The average molecular weight is 185 g/mol. The first-order valence-electron chi connectivity index (χ1n) is 3.76. The maximum atomic E-state index is 6.00. The molecule has 0 bridgehead atoms. The molecule has 1 fully saturated rings. The van der Waals surface area contributed by atoms with Crippen molar-refractivity contribution >= 4 is 24.2 Å². The number of hydrogen-bond donors (Lipinski definition) is 1. The predicted octanol–water partition coefficient (Wildman–Crippen LogP) is 3.51. The fourth-order valence-electron chi connectivity index (χ4n) is 1.24. The molecule has 0 aliphatic heterocycles. The van der Waals surface area contributed by atoms with Gasteiger partial charge >= 0.3 is 0 Å². The average Bonchev–Trinajstić information content (AvgIpc) is 2.76. The molecule has 0 unspecified atom stereocenters. The summed E-state index contributed by atoms with van der Waals surface area (Å²) in [7, 11) is 0. The third kappa shape index (κ3) is 1.54. The standard InChI is InChI=1S/C9H9ClS/c10-9-4-3-7(11)5-8(9)6-1-2-6/h3-6,11H,1-2H2. The molecule has 0 aromatic heterocycles. The van der Waals surface area contributed by atoms with E-state index in [4.69, 9.17) is 11.6 Å². The van der Waals surface area contributed by atoms with E-state index < -0.39 is 0 Å². The summed E-state index contributed by atoms with van der Waals surface area (Å²) >= 11 is 10.3. The molecule has 0 heterocycles. The van der Waals surface area contributed by atoms with Crippen molar-refractivity contribution < 1.29 is 0 Å². The fourth-order valence-corrected chi connectivity index (χ4v) is 1.72. The first-order chi connectivity index (χ1) is 5.27. The van der Waals surface area contributed by atoms with Crippen molar-refractivity contribution in [2.45, 2.75) is 23.7 Å². The fraction of sp³-hybridized carbons (Fsp3) is 0.333. The molecule has 11 heavy (non-hydrogen) atoms. The second kappa shape index (κ2) is 2.72. The second-order valence-electron chi connectivity index (χ2n) is 2.98. The molecule has 58 valence electrons. The molecule has 0 nitrogen and oxygen atoms in total. The van der Waals surface area contributed by atoms with Gasteiger partial charge in [0.1, 0.15) is 0 Å². The van der Waals surface area contributed by atoms with Gasteiger partial charge in [-0.15, -0.1) is 12.6 Å². The summed E-state index contributed by atoms with van der Waals surface area (Å²) in [4.78, 5) is 1.01. The van der Waals surface area contributed by atoms with Crippen molar-refractivity contribution in [3.63, 3.8) is 0 Å². The van der Waals surface area contributed by atoms with E-state index in [2.05, 4.69) is 18.7 Å². The molecule has 0 spiro atoms. The van der Waals surface area contributed by atoms with Gasteiger partial charge in [0.15, 0.2) is 0 Å². The van der Waals surface area contributed by atoms with Gasteiger partial charge in [-0.3, -0.25) is 0 Å². The van der Waals surface area contributed by atoms with E-state index in [1.807, 2.05) is 12.1 Å². The normalized spacial score (nSPS) is 16.9. The largest absolute Gasteiger partial charge is 0.143 e. The van der Waals surface area contributed by atoms with Crippen LogP contribution >= 0.6 is 24.2 Å². The summed E-state index contributed by atoms with van der Waals surface area (Å²) in [6, 6.07) is 5.93.